The Bertz CT molecular complexity index is 690. The van der Waals surface area contributed by atoms with Gasteiger partial charge in [-0.15, -0.1) is 0 Å². The molecule has 0 fully saturated rings. The fraction of sp³-hybridized carbons (Fsp3) is 0.333. The van der Waals surface area contributed by atoms with E-state index in [1.165, 1.54) is 13.2 Å². The molecule has 0 radical (unpaired) electrons. The van der Waals surface area contributed by atoms with E-state index in [1.54, 1.807) is 19.2 Å². The van der Waals surface area contributed by atoms with Crippen molar-refractivity contribution < 1.29 is 18.6 Å². The maximum absolute atomic E-state index is 14.0. The van der Waals surface area contributed by atoms with Crippen molar-refractivity contribution in [1.82, 2.24) is 5.32 Å². The molecule has 0 spiro atoms. The molecule has 1 unspecified atom stereocenters. The Balaban J connectivity index is 1.64. The van der Waals surface area contributed by atoms with Crippen LogP contribution in [-0.2, 0) is 13.0 Å². The molecule has 0 bridgehead atoms. The first-order valence-corrected chi connectivity index (χ1v) is 7.55. The number of benzene rings is 2. The van der Waals surface area contributed by atoms with Crippen LogP contribution in [0.2, 0.25) is 0 Å². The molecule has 5 heteroatoms. The molecule has 0 saturated carbocycles. The van der Waals surface area contributed by atoms with Crippen LogP contribution in [0.3, 0.4) is 0 Å². The summed E-state index contributed by atoms with van der Waals surface area (Å²) < 4.78 is 30.1. The van der Waals surface area contributed by atoms with Gasteiger partial charge in [-0.2, -0.15) is 0 Å². The van der Waals surface area contributed by atoms with Crippen molar-refractivity contribution in [1.29, 1.82) is 0 Å². The summed E-state index contributed by atoms with van der Waals surface area (Å²) in [6.07, 6.45) is 0.824. The Labute approximate surface area is 135 Å². The minimum Gasteiger partial charge on any atom is -0.497 e. The Morgan fingerprint density at radius 3 is 2.83 bits per heavy atom. The topological polar surface area (TPSA) is 39.7 Å². The number of halogens is 1. The highest BCUT2D eigenvalue weighted by molar-refractivity contribution is 5.48. The molecule has 2 aromatic carbocycles. The van der Waals surface area contributed by atoms with Gasteiger partial charge in [0.25, 0.3) is 0 Å². The summed E-state index contributed by atoms with van der Waals surface area (Å²) >= 11 is 0. The van der Waals surface area contributed by atoms with Gasteiger partial charge in [0.15, 0.2) is 11.5 Å². The van der Waals surface area contributed by atoms with Crippen molar-refractivity contribution in [2.45, 2.75) is 19.0 Å². The van der Waals surface area contributed by atoms with E-state index in [-0.39, 0.29) is 11.9 Å². The lowest BCUT2D eigenvalue weighted by Crippen LogP contribution is -2.39. The molecule has 1 aliphatic heterocycles. The van der Waals surface area contributed by atoms with E-state index >= 15 is 0 Å². The fourth-order valence-electron chi connectivity index (χ4n) is 2.74. The number of hydrogen-bond donors (Lipinski definition) is 1. The zero-order valence-electron chi connectivity index (χ0n) is 13.3. The number of para-hydroxylation sites is 1. The van der Waals surface area contributed by atoms with E-state index in [9.17, 15) is 4.39 Å². The third-order valence-electron chi connectivity index (χ3n) is 4.02. The van der Waals surface area contributed by atoms with E-state index in [0.29, 0.717) is 24.5 Å². The van der Waals surface area contributed by atoms with Crippen LogP contribution in [0.4, 0.5) is 4.39 Å². The molecule has 1 N–H and O–H groups in total. The van der Waals surface area contributed by atoms with Gasteiger partial charge in [0, 0.05) is 24.2 Å². The van der Waals surface area contributed by atoms with E-state index in [0.717, 1.165) is 23.5 Å². The fourth-order valence-corrected chi connectivity index (χ4v) is 2.74. The van der Waals surface area contributed by atoms with Gasteiger partial charge >= 0.3 is 0 Å². The Morgan fingerprint density at radius 2 is 2.09 bits per heavy atom. The third-order valence-corrected chi connectivity index (χ3v) is 4.02. The van der Waals surface area contributed by atoms with Crippen LogP contribution in [0.1, 0.15) is 11.1 Å². The average molecular weight is 317 g/mol. The molecule has 2 aromatic rings. The van der Waals surface area contributed by atoms with Crippen LogP contribution in [0.5, 0.6) is 17.2 Å². The Morgan fingerprint density at radius 1 is 1.22 bits per heavy atom. The first-order valence-electron chi connectivity index (χ1n) is 7.55. The highest BCUT2D eigenvalue weighted by atomic mass is 19.1. The molecule has 1 atom stereocenters. The second-order valence-electron chi connectivity index (χ2n) is 5.50. The molecular formula is C18H20FNO3. The second kappa shape index (κ2) is 6.87. The van der Waals surface area contributed by atoms with Crippen molar-refractivity contribution in [3.8, 4) is 17.2 Å². The summed E-state index contributed by atoms with van der Waals surface area (Å²) in [5.41, 5.74) is 1.71. The van der Waals surface area contributed by atoms with Crippen LogP contribution < -0.4 is 19.5 Å². The summed E-state index contributed by atoms with van der Waals surface area (Å²) in [6, 6.07) is 10.9. The van der Waals surface area contributed by atoms with E-state index in [4.69, 9.17) is 14.2 Å². The lowest BCUT2D eigenvalue weighted by Gasteiger charge is -2.27. The summed E-state index contributed by atoms with van der Waals surface area (Å²) in [5, 5.41) is 3.35. The first-order chi connectivity index (χ1) is 11.2. The molecule has 23 heavy (non-hydrogen) atoms. The lowest BCUT2D eigenvalue weighted by atomic mass is 10.0. The quantitative estimate of drug-likeness (QED) is 0.920. The number of hydrogen-bond acceptors (Lipinski definition) is 4. The maximum Gasteiger partial charge on any atom is 0.164 e. The van der Waals surface area contributed by atoms with Crippen molar-refractivity contribution in [3.63, 3.8) is 0 Å². The number of nitrogens with one attached hydrogen (secondary N) is 1. The Hall–Kier alpha value is -2.27. The zero-order chi connectivity index (χ0) is 16.2. The number of methoxy groups -OCH3 is 2. The maximum atomic E-state index is 14.0. The van der Waals surface area contributed by atoms with Gasteiger partial charge in [-0.05, 0) is 24.1 Å². The van der Waals surface area contributed by atoms with Gasteiger partial charge in [0.2, 0.25) is 0 Å². The monoisotopic (exact) mass is 317 g/mol. The van der Waals surface area contributed by atoms with E-state index in [1.807, 2.05) is 18.2 Å². The second-order valence-corrected chi connectivity index (χ2v) is 5.50. The van der Waals surface area contributed by atoms with Crippen LogP contribution in [-0.4, -0.2) is 26.9 Å². The number of ether oxygens (including phenoxy) is 3. The standard InChI is InChI=1S/C18H20FNO3/c1-21-15-7-6-13(16(19)9-15)10-20-14-8-12-4-3-5-17(22-2)18(12)23-11-14/h3-7,9,14,20H,8,10-11H2,1-2H3. The summed E-state index contributed by atoms with van der Waals surface area (Å²) in [6.45, 7) is 0.980. The predicted molar refractivity (Wildman–Crippen MR) is 85.8 cm³/mol. The molecule has 3 rings (SSSR count). The van der Waals surface area contributed by atoms with Gasteiger partial charge in [-0.1, -0.05) is 18.2 Å². The molecule has 1 aliphatic rings. The number of fused-ring (bicyclic) bond motifs is 1. The van der Waals surface area contributed by atoms with E-state index < -0.39 is 0 Å². The zero-order valence-corrected chi connectivity index (χ0v) is 13.3. The molecule has 122 valence electrons. The van der Waals surface area contributed by atoms with Gasteiger partial charge in [-0.3, -0.25) is 0 Å². The molecule has 0 aromatic heterocycles. The summed E-state index contributed by atoms with van der Waals surface area (Å²) in [7, 11) is 3.16. The Kier molecular flexibility index (Phi) is 4.67. The summed E-state index contributed by atoms with van der Waals surface area (Å²) in [5.74, 6) is 1.81. The van der Waals surface area contributed by atoms with Crippen LogP contribution in [0.25, 0.3) is 0 Å². The average Bonchev–Trinajstić information content (AvgIpc) is 2.59. The lowest BCUT2D eigenvalue weighted by molar-refractivity contribution is 0.226. The van der Waals surface area contributed by atoms with Crippen molar-refractivity contribution in [3.05, 3.63) is 53.3 Å². The number of rotatable bonds is 5. The van der Waals surface area contributed by atoms with Crippen LogP contribution in [0.15, 0.2) is 36.4 Å². The van der Waals surface area contributed by atoms with Gasteiger partial charge in [0.05, 0.1) is 14.2 Å². The van der Waals surface area contributed by atoms with Gasteiger partial charge < -0.3 is 19.5 Å². The molecule has 4 nitrogen and oxygen atoms in total. The normalized spacial score (nSPS) is 16.4. The molecule has 1 heterocycles. The highest BCUT2D eigenvalue weighted by Gasteiger charge is 2.22. The van der Waals surface area contributed by atoms with Gasteiger partial charge in [0.1, 0.15) is 18.2 Å². The molecule has 0 saturated heterocycles. The molecular weight excluding hydrogens is 297 g/mol. The van der Waals surface area contributed by atoms with Crippen LogP contribution in [0, 0.1) is 5.82 Å². The predicted octanol–water partition coefficient (Wildman–Crippen LogP) is 2.94. The summed E-state index contributed by atoms with van der Waals surface area (Å²) in [4.78, 5) is 0. The molecule has 0 aliphatic carbocycles. The highest BCUT2D eigenvalue weighted by Crippen LogP contribution is 2.34. The largest absolute Gasteiger partial charge is 0.497 e. The van der Waals surface area contributed by atoms with Crippen molar-refractivity contribution >= 4 is 0 Å². The molecule has 0 amide bonds. The van der Waals surface area contributed by atoms with Gasteiger partial charge in [-0.25, -0.2) is 4.39 Å². The minimum absolute atomic E-state index is 0.135. The van der Waals surface area contributed by atoms with Crippen molar-refractivity contribution in [2.24, 2.45) is 0 Å². The third kappa shape index (κ3) is 3.40. The van der Waals surface area contributed by atoms with Crippen molar-refractivity contribution in [2.75, 3.05) is 20.8 Å². The SMILES string of the molecule is COc1ccc(CNC2COc3c(cccc3OC)C2)c(F)c1. The van der Waals surface area contributed by atoms with E-state index in [2.05, 4.69) is 5.32 Å². The first kappa shape index (κ1) is 15.6. The van der Waals surface area contributed by atoms with Crippen LogP contribution >= 0.6 is 0 Å². The smallest absolute Gasteiger partial charge is 0.164 e. The minimum atomic E-state index is -0.268.